The lowest BCUT2D eigenvalue weighted by molar-refractivity contribution is -0.132. The Morgan fingerprint density at radius 1 is 0.968 bits per heavy atom. The van der Waals surface area contributed by atoms with Gasteiger partial charge in [-0.25, -0.2) is 0 Å². The number of aryl methyl sites for hydroxylation is 1. The second-order valence-electron chi connectivity index (χ2n) is 8.72. The summed E-state index contributed by atoms with van der Waals surface area (Å²) in [7, 11) is 0. The fraction of sp³-hybridized carbons (Fsp3) is 0.400. The van der Waals surface area contributed by atoms with Crippen LogP contribution < -0.4 is 0 Å². The van der Waals surface area contributed by atoms with Crippen LogP contribution in [0.1, 0.15) is 23.6 Å². The zero-order valence-electron chi connectivity index (χ0n) is 17.8. The van der Waals surface area contributed by atoms with Gasteiger partial charge in [0.2, 0.25) is 5.91 Å². The predicted octanol–water partition coefficient (Wildman–Crippen LogP) is 3.04. The molecule has 2 aliphatic heterocycles. The van der Waals surface area contributed by atoms with Crippen molar-refractivity contribution in [1.29, 1.82) is 0 Å². The molecule has 6 heteroatoms. The van der Waals surface area contributed by atoms with E-state index in [1.54, 1.807) is 6.20 Å². The van der Waals surface area contributed by atoms with Gasteiger partial charge in [-0.1, -0.05) is 36.4 Å². The maximum atomic E-state index is 13.3. The van der Waals surface area contributed by atoms with Gasteiger partial charge in [0.05, 0.1) is 12.6 Å². The highest BCUT2D eigenvalue weighted by Gasteiger charge is 2.48. The van der Waals surface area contributed by atoms with E-state index >= 15 is 0 Å². The molecule has 0 unspecified atom stereocenters. The van der Waals surface area contributed by atoms with Crippen molar-refractivity contribution in [2.24, 2.45) is 11.8 Å². The molecule has 0 bridgehead atoms. The molecule has 6 nitrogen and oxygen atoms in total. The van der Waals surface area contributed by atoms with Crippen molar-refractivity contribution in [3.63, 3.8) is 0 Å². The van der Waals surface area contributed by atoms with E-state index in [9.17, 15) is 4.79 Å². The van der Waals surface area contributed by atoms with E-state index in [-0.39, 0.29) is 11.9 Å². The fourth-order valence-electron chi connectivity index (χ4n) is 5.27. The van der Waals surface area contributed by atoms with Crippen molar-refractivity contribution in [3.8, 4) is 0 Å². The van der Waals surface area contributed by atoms with Crippen molar-refractivity contribution >= 4 is 5.91 Å². The molecular weight excluding hydrogens is 386 g/mol. The number of carbonyl (C=O) groups excluding carboxylic acids is 1. The second-order valence-corrected chi connectivity index (χ2v) is 8.72. The first-order chi connectivity index (χ1) is 15.3. The number of rotatable bonds is 7. The first kappa shape index (κ1) is 19.9. The highest BCUT2D eigenvalue weighted by Crippen LogP contribution is 2.45. The van der Waals surface area contributed by atoms with Crippen LogP contribution in [0.3, 0.4) is 0 Å². The first-order valence-electron chi connectivity index (χ1n) is 11.2. The molecule has 1 aromatic carbocycles. The predicted molar refractivity (Wildman–Crippen MR) is 119 cm³/mol. The van der Waals surface area contributed by atoms with E-state index in [2.05, 4.69) is 50.2 Å². The molecule has 0 N–H and O–H groups in total. The summed E-state index contributed by atoms with van der Waals surface area (Å²) in [5, 5.41) is 4.33. The lowest BCUT2D eigenvalue weighted by Gasteiger charge is -2.30. The number of nitrogens with zero attached hydrogens (tertiary/aromatic N) is 5. The van der Waals surface area contributed by atoms with Crippen LogP contribution in [0.2, 0.25) is 0 Å². The first-order valence-corrected chi connectivity index (χ1v) is 11.2. The Balaban J connectivity index is 1.28. The summed E-state index contributed by atoms with van der Waals surface area (Å²) in [4.78, 5) is 22.2. The lowest BCUT2D eigenvalue weighted by atomic mass is 9.89. The van der Waals surface area contributed by atoms with Crippen LogP contribution in [-0.4, -0.2) is 56.7 Å². The van der Waals surface area contributed by atoms with Gasteiger partial charge in [-0.3, -0.25) is 14.5 Å². The van der Waals surface area contributed by atoms with Crippen LogP contribution in [0.15, 0.2) is 73.3 Å². The number of aromatic nitrogens is 3. The Hall–Kier alpha value is -2.99. The number of pyridine rings is 1. The summed E-state index contributed by atoms with van der Waals surface area (Å²) >= 11 is 0. The number of fused-ring (bicyclic) bond motifs is 1. The number of hydrogen-bond acceptors (Lipinski definition) is 4. The average molecular weight is 416 g/mol. The van der Waals surface area contributed by atoms with Crippen molar-refractivity contribution < 1.29 is 4.79 Å². The molecule has 3 atom stereocenters. The van der Waals surface area contributed by atoms with Crippen LogP contribution in [0.4, 0.5) is 0 Å². The molecule has 0 spiro atoms. The van der Waals surface area contributed by atoms with E-state index in [1.165, 1.54) is 5.56 Å². The van der Waals surface area contributed by atoms with Crippen LogP contribution in [0.25, 0.3) is 0 Å². The molecule has 1 amide bonds. The maximum absolute atomic E-state index is 13.3. The highest BCUT2D eigenvalue weighted by atomic mass is 16.2. The number of benzene rings is 1. The Labute approximate surface area is 183 Å². The summed E-state index contributed by atoms with van der Waals surface area (Å²) in [6, 6.07) is 16.7. The van der Waals surface area contributed by atoms with Crippen LogP contribution in [0, 0.1) is 11.8 Å². The molecule has 2 aromatic heterocycles. The molecule has 5 rings (SSSR count). The Kier molecular flexibility index (Phi) is 5.80. The van der Waals surface area contributed by atoms with E-state index in [4.69, 9.17) is 0 Å². The number of carbonyl (C=O) groups is 1. The van der Waals surface area contributed by atoms with Crippen molar-refractivity contribution in [2.45, 2.75) is 25.4 Å². The van der Waals surface area contributed by atoms with Crippen LogP contribution in [0.5, 0.6) is 0 Å². The van der Waals surface area contributed by atoms with E-state index in [1.807, 2.05) is 41.5 Å². The van der Waals surface area contributed by atoms with E-state index in [0.717, 1.165) is 44.7 Å². The topological polar surface area (TPSA) is 54.3 Å². The molecule has 0 saturated carbocycles. The SMILES string of the molecule is O=C(CCc1cccnc1)N1C[C@@H]2CN(CCn3cccn3)C[C@@H]2[C@H]1c1ccccc1. The van der Waals surface area contributed by atoms with Gasteiger partial charge in [-0.15, -0.1) is 0 Å². The monoisotopic (exact) mass is 415 g/mol. The van der Waals surface area contributed by atoms with Gasteiger partial charge < -0.3 is 9.80 Å². The minimum Gasteiger partial charge on any atom is -0.335 e. The van der Waals surface area contributed by atoms with Gasteiger partial charge >= 0.3 is 0 Å². The maximum Gasteiger partial charge on any atom is 0.223 e. The quantitative estimate of drug-likeness (QED) is 0.595. The third-order valence-corrected chi connectivity index (χ3v) is 6.76. The number of hydrogen-bond donors (Lipinski definition) is 0. The van der Waals surface area contributed by atoms with Gasteiger partial charge in [0.15, 0.2) is 0 Å². The summed E-state index contributed by atoms with van der Waals surface area (Å²) < 4.78 is 2.00. The molecule has 4 heterocycles. The van der Waals surface area contributed by atoms with Gasteiger partial charge in [0.25, 0.3) is 0 Å². The number of likely N-dealkylation sites (tertiary alicyclic amines) is 2. The summed E-state index contributed by atoms with van der Waals surface area (Å²) in [5.41, 5.74) is 2.38. The summed E-state index contributed by atoms with van der Waals surface area (Å²) in [6.45, 7) is 4.87. The standard InChI is InChI=1S/C25H29N5O/c31-24(10-9-20-6-4-11-26-16-20)30-18-22-17-28(14-15-29-13-5-12-27-29)19-23(22)25(30)21-7-2-1-3-8-21/h1-8,11-13,16,22-23,25H,9-10,14-15,17-19H2/t22-,23-,25+/m0/s1. The normalized spacial score (nSPS) is 23.2. The molecule has 2 aliphatic rings. The molecule has 31 heavy (non-hydrogen) atoms. The molecule has 2 fully saturated rings. The lowest BCUT2D eigenvalue weighted by Crippen LogP contribution is -2.36. The van der Waals surface area contributed by atoms with E-state index < -0.39 is 0 Å². The van der Waals surface area contributed by atoms with Gasteiger partial charge in [-0.2, -0.15) is 5.10 Å². The Bertz CT molecular complexity index is 976. The summed E-state index contributed by atoms with van der Waals surface area (Å²) in [6.07, 6.45) is 8.77. The van der Waals surface area contributed by atoms with Crippen LogP contribution >= 0.6 is 0 Å². The van der Waals surface area contributed by atoms with Gasteiger partial charge in [-0.05, 0) is 35.6 Å². The van der Waals surface area contributed by atoms with E-state index in [0.29, 0.717) is 18.3 Å². The molecule has 3 aromatic rings. The second kappa shape index (κ2) is 9.02. The molecular formula is C25H29N5O. The minimum absolute atomic E-state index is 0.169. The minimum atomic E-state index is 0.169. The third kappa shape index (κ3) is 4.39. The Morgan fingerprint density at radius 2 is 1.87 bits per heavy atom. The molecule has 160 valence electrons. The highest BCUT2D eigenvalue weighted by molar-refractivity contribution is 5.77. The smallest absolute Gasteiger partial charge is 0.223 e. The zero-order chi connectivity index (χ0) is 21.0. The van der Waals surface area contributed by atoms with Crippen molar-refractivity contribution in [3.05, 3.63) is 84.4 Å². The zero-order valence-corrected chi connectivity index (χ0v) is 17.8. The Morgan fingerprint density at radius 3 is 2.65 bits per heavy atom. The molecule has 0 radical (unpaired) electrons. The molecule has 2 saturated heterocycles. The molecule has 0 aliphatic carbocycles. The summed E-state index contributed by atoms with van der Waals surface area (Å²) in [5.74, 6) is 1.28. The van der Waals surface area contributed by atoms with Gasteiger partial charge in [0.1, 0.15) is 0 Å². The average Bonchev–Trinajstić information content (AvgIpc) is 3.53. The van der Waals surface area contributed by atoms with Gasteiger partial charge in [0, 0.05) is 63.3 Å². The number of amides is 1. The third-order valence-electron chi connectivity index (χ3n) is 6.76. The fourth-order valence-corrected chi connectivity index (χ4v) is 5.27. The van der Waals surface area contributed by atoms with Crippen molar-refractivity contribution in [2.75, 3.05) is 26.2 Å². The van der Waals surface area contributed by atoms with Crippen LogP contribution in [-0.2, 0) is 17.8 Å². The largest absolute Gasteiger partial charge is 0.335 e. The van der Waals surface area contributed by atoms with Crippen molar-refractivity contribution in [1.82, 2.24) is 24.6 Å².